The summed E-state index contributed by atoms with van der Waals surface area (Å²) < 4.78 is 0. The molecule has 0 aliphatic carbocycles. The molecule has 5 heteroatoms. The molecular weight excluding hydrogens is 372 g/mol. The van der Waals surface area contributed by atoms with Crippen molar-refractivity contribution in [3.63, 3.8) is 0 Å². The molecule has 1 aromatic rings. The summed E-state index contributed by atoms with van der Waals surface area (Å²) in [6.07, 6.45) is 6.93. The molecule has 3 aliphatic heterocycles. The molecule has 0 bridgehead atoms. The van der Waals surface area contributed by atoms with E-state index in [1.807, 2.05) is 0 Å². The molecule has 0 aromatic heterocycles. The molecule has 2 N–H and O–H groups in total. The summed E-state index contributed by atoms with van der Waals surface area (Å²) >= 11 is 0. The number of hydrogen-bond donors (Lipinski definition) is 0. The molecule has 1 unspecified atom stereocenters. The second-order valence-electron chi connectivity index (χ2n) is 9.68. The minimum absolute atomic E-state index is 0.496. The zero-order chi connectivity index (χ0) is 20.8. The van der Waals surface area contributed by atoms with Crippen molar-refractivity contribution in [2.24, 2.45) is 0 Å². The van der Waals surface area contributed by atoms with E-state index in [1.165, 1.54) is 69.4 Å². The first-order valence-electron chi connectivity index (χ1n) is 12.4. The maximum atomic E-state index is 7.52. The molecule has 3 heterocycles. The van der Waals surface area contributed by atoms with Crippen molar-refractivity contribution in [3.05, 3.63) is 35.4 Å². The number of nitrogens with zero attached hydrogens (tertiary/aromatic N) is 4. The molecule has 3 aliphatic rings. The van der Waals surface area contributed by atoms with Crippen LogP contribution in [0.1, 0.15) is 49.3 Å². The first-order chi connectivity index (χ1) is 14.7. The normalized spacial score (nSPS) is 24.9. The second-order valence-corrected chi connectivity index (χ2v) is 9.68. The van der Waals surface area contributed by atoms with Crippen LogP contribution in [0.3, 0.4) is 0 Å². The van der Waals surface area contributed by atoms with Gasteiger partial charge in [0.25, 0.3) is 0 Å². The molecule has 1 atom stereocenters. The van der Waals surface area contributed by atoms with E-state index in [-0.39, 0.29) is 0 Å². The topological polar surface area (TPSA) is 35.9 Å². The maximum Gasteiger partial charge on any atom is 0.156 e. The Bertz CT molecular complexity index is 615. The first-order valence-corrected chi connectivity index (χ1v) is 12.4. The molecule has 3 fully saturated rings. The molecule has 30 heavy (non-hydrogen) atoms. The van der Waals surface area contributed by atoms with E-state index in [0.29, 0.717) is 12.6 Å². The summed E-state index contributed by atoms with van der Waals surface area (Å²) in [4.78, 5) is 10.7. The van der Waals surface area contributed by atoms with Crippen molar-refractivity contribution in [1.82, 2.24) is 19.6 Å². The van der Waals surface area contributed by atoms with Gasteiger partial charge in [0, 0.05) is 44.8 Å². The highest BCUT2D eigenvalue weighted by Crippen LogP contribution is 2.27. The lowest BCUT2D eigenvalue weighted by Crippen LogP contribution is -2.52. The fourth-order valence-corrected chi connectivity index (χ4v) is 5.67. The number of likely N-dealkylation sites (tertiary alicyclic amines) is 2. The highest BCUT2D eigenvalue weighted by atomic mass is 16.3. The van der Waals surface area contributed by atoms with Gasteiger partial charge in [-0.3, -0.25) is 9.80 Å². The van der Waals surface area contributed by atoms with Crippen LogP contribution in [0.4, 0.5) is 0 Å². The standard InChI is InChI=1S/C25H42N4O/c1-22-5-7-23(8-6-22)25(29-17-15-26(16-18-29)19-20-30)21-27-13-9-24(10-14-27)28-11-3-2-4-12-28/h5-8,24-25,30H,2-4,9-21H2,1H3/p+1. The molecule has 168 valence electrons. The molecule has 5 nitrogen and oxygen atoms in total. The van der Waals surface area contributed by atoms with Gasteiger partial charge in [-0.1, -0.05) is 36.2 Å². The van der Waals surface area contributed by atoms with Crippen LogP contribution in [0.25, 0.3) is 0 Å². The number of benzene rings is 1. The zero-order valence-electron chi connectivity index (χ0n) is 19.1. The van der Waals surface area contributed by atoms with Gasteiger partial charge in [0.1, 0.15) is 0 Å². The Kier molecular flexibility index (Phi) is 8.19. The van der Waals surface area contributed by atoms with Gasteiger partial charge < -0.3 is 14.9 Å². The van der Waals surface area contributed by atoms with Crippen LogP contribution in [0.2, 0.25) is 0 Å². The number of piperidine rings is 2. The smallest absolute Gasteiger partial charge is 0.156 e. The van der Waals surface area contributed by atoms with Crippen molar-refractivity contribution in [2.45, 2.75) is 51.1 Å². The highest BCUT2D eigenvalue weighted by molar-refractivity contribution is 5.24. The van der Waals surface area contributed by atoms with Gasteiger partial charge in [0.05, 0.1) is 6.54 Å². The third-order valence-electron chi connectivity index (χ3n) is 7.63. The van der Waals surface area contributed by atoms with Crippen LogP contribution in [0.15, 0.2) is 24.3 Å². The molecule has 0 saturated carbocycles. The van der Waals surface area contributed by atoms with E-state index in [9.17, 15) is 0 Å². The van der Waals surface area contributed by atoms with Gasteiger partial charge in [-0.2, -0.15) is 0 Å². The molecule has 0 radical (unpaired) electrons. The molecule has 0 spiro atoms. The molecule has 1 aromatic carbocycles. The average Bonchev–Trinajstić information content (AvgIpc) is 2.80. The summed E-state index contributed by atoms with van der Waals surface area (Å²) in [6.45, 7) is 14.4. The SMILES string of the molecule is Cc1ccc(C(CN2CCC(N3CCCCC3)CC2)N2CCN(CC[OH2+])CC2)cc1. The van der Waals surface area contributed by atoms with Crippen molar-refractivity contribution in [3.8, 4) is 0 Å². The summed E-state index contributed by atoms with van der Waals surface area (Å²) in [5.41, 5.74) is 2.83. The third-order valence-corrected chi connectivity index (χ3v) is 7.63. The summed E-state index contributed by atoms with van der Waals surface area (Å²) in [7, 11) is 0. The summed E-state index contributed by atoms with van der Waals surface area (Å²) in [5, 5.41) is 7.52. The van der Waals surface area contributed by atoms with Gasteiger partial charge >= 0.3 is 0 Å². The number of hydrogen-bond acceptors (Lipinski definition) is 4. The number of piperazine rings is 1. The van der Waals surface area contributed by atoms with Crippen LogP contribution in [0, 0.1) is 6.92 Å². The van der Waals surface area contributed by atoms with Gasteiger partial charge in [0.15, 0.2) is 6.61 Å². The van der Waals surface area contributed by atoms with Gasteiger partial charge in [-0.05, 0) is 64.3 Å². The third kappa shape index (κ3) is 5.83. The highest BCUT2D eigenvalue weighted by Gasteiger charge is 2.30. The van der Waals surface area contributed by atoms with E-state index in [2.05, 4.69) is 50.8 Å². The van der Waals surface area contributed by atoms with Crippen LogP contribution < -0.4 is 0 Å². The van der Waals surface area contributed by atoms with E-state index < -0.39 is 0 Å². The van der Waals surface area contributed by atoms with Crippen LogP contribution >= 0.6 is 0 Å². The average molecular weight is 416 g/mol. The van der Waals surface area contributed by atoms with Crippen molar-refractivity contribution >= 4 is 0 Å². The van der Waals surface area contributed by atoms with E-state index in [1.54, 1.807) is 0 Å². The fraction of sp³-hybridized carbons (Fsp3) is 0.760. The van der Waals surface area contributed by atoms with Crippen LogP contribution in [-0.2, 0) is 0 Å². The molecule has 0 amide bonds. The Morgan fingerprint density at radius 1 is 0.833 bits per heavy atom. The summed E-state index contributed by atoms with van der Waals surface area (Å²) in [6, 6.07) is 10.6. The second kappa shape index (κ2) is 11.1. The van der Waals surface area contributed by atoms with E-state index in [0.717, 1.165) is 45.3 Å². The number of rotatable bonds is 7. The summed E-state index contributed by atoms with van der Waals surface area (Å²) in [5.74, 6) is 0. The Labute approximate surface area is 183 Å². The molecule has 4 rings (SSSR count). The minimum Gasteiger partial charge on any atom is -0.444 e. The van der Waals surface area contributed by atoms with Gasteiger partial charge in [0.2, 0.25) is 0 Å². The predicted octanol–water partition coefficient (Wildman–Crippen LogP) is 2.33. The quantitative estimate of drug-likeness (QED) is 0.641. The Morgan fingerprint density at radius 2 is 1.50 bits per heavy atom. The predicted molar refractivity (Wildman–Crippen MR) is 125 cm³/mol. The molecule has 3 saturated heterocycles. The number of aryl methyl sites for hydroxylation is 1. The van der Waals surface area contributed by atoms with Crippen molar-refractivity contribution < 1.29 is 5.11 Å². The van der Waals surface area contributed by atoms with Crippen molar-refractivity contribution in [2.75, 3.05) is 72.1 Å². The minimum atomic E-state index is 0.496. The maximum absolute atomic E-state index is 7.52. The Hall–Kier alpha value is -0.980. The Morgan fingerprint density at radius 3 is 2.13 bits per heavy atom. The monoisotopic (exact) mass is 415 g/mol. The van der Waals surface area contributed by atoms with Gasteiger partial charge in [-0.15, -0.1) is 0 Å². The van der Waals surface area contributed by atoms with E-state index >= 15 is 0 Å². The lowest BCUT2D eigenvalue weighted by atomic mass is 9.97. The van der Waals surface area contributed by atoms with Gasteiger partial charge in [-0.25, -0.2) is 0 Å². The molecular formula is C25H43N4O+. The first kappa shape index (κ1) is 22.2. The van der Waals surface area contributed by atoms with E-state index in [4.69, 9.17) is 5.11 Å². The Balaban J connectivity index is 1.36. The van der Waals surface area contributed by atoms with Crippen molar-refractivity contribution in [1.29, 1.82) is 0 Å². The fourth-order valence-electron chi connectivity index (χ4n) is 5.67. The largest absolute Gasteiger partial charge is 0.444 e. The lowest BCUT2D eigenvalue weighted by Gasteiger charge is -2.44. The lowest BCUT2D eigenvalue weighted by molar-refractivity contribution is 0.0474. The zero-order valence-corrected chi connectivity index (χ0v) is 19.1. The van der Waals surface area contributed by atoms with Crippen LogP contribution in [-0.4, -0.2) is 103 Å². The van der Waals surface area contributed by atoms with Crippen LogP contribution in [0.5, 0.6) is 0 Å².